The van der Waals surface area contributed by atoms with E-state index in [9.17, 15) is 4.79 Å². The summed E-state index contributed by atoms with van der Waals surface area (Å²) in [5.41, 5.74) is 1.84. The minimum Gasteiger partial charge on any atom is -0.445 e. The molecule has 2 aromatic rings. The largest absolute Gasteiger partial charge is 0.445 e. The smallest absolute Gasteiger partial charge is 0.409 e. The Morgan fingerprint density at radius 1 is 1.35 bits per heavy atom. The third-order valence-corrected chi connectivity index (χ3v) is 2.67. The lowest BCUT2D eigenvalue weighted by molar-refractivity contribution is 0.0568. The number of hydrogen-bond donors (Lipinski definition) is 1. The number of benzene rings is 1. The molecule has 0 saturated heterocycles. The highest BCUT2D eigenvalue weighted by Gasteiger charge is 2.03. The molecule has 1 N–H and O–H groups in total. The Bertz CT molecular complexity index is 584. The number of carbonyl (C=O) groups excluding carboxylic acids is 1. The number of amides is 1. The Kier molecular flexibility index (Phi) is 4.90. The van der Waals surface area contributed by atoms with Crippen molar-refractivity contribution in [2.45, 2.75) is 26.6 Å². The van der Waals surface area contributed by atoms with Crippen LogP contribution in [0.3, 0.4) is 0 Å². The Balaban J connectivity index is 1.84. The van der Waals surface area contributed by atoms with Crippen molar-refractivity contribution in [2.24, 2.45) is 0 Å². The molecular formula is C15H18N2O3. The normalized spacial score (nSPS) is 10.8. The molecule has 1 aromatic heterocycles. The van der Waals surface area contributed by atoms with Crippen LogP contribution in [-0.2, 0) is 16.1 Å². The second-order valence-corrected chi connectivity index (χ2v) is 4.64. The molecule has 0 unspecified atom stereocenters. The summed E-state index contributed by atoms with van der Waals surface area (Å²) >= 11 is 0. The van der Waals surface area contributed by atoms with E-state index in [1.807, 2.05) is 44.2 Å². The van der Waals surface area contributed by atoms with Crippen LogP contribution in [0.25, 0.3) is 10.9 Å². The molecule has 0 aliphatic rings. The zero-order valence-electron chi connectivity index (χ0n) is 11.6. The van der Waals surface area contributed by atoms with Gasteiger partial charge in [-0.2, -0.15) is 0 Å². The van der Waals surface area contributed by atoms with Gasteiger partial charge in [-0.25, -0.2) is 4.79 Å². The van der Waals surface area contributed by atoms with Crippen LogP contribution in [0.15, 0.2) is 36.5 Å². The SMILES string of the molecule is CC(C)OCNC(=O)OCc1ccc2ncccc2c1. The van der Waals surface area contributed by atoms with Crippen LogP contribution in [0.5, 0.6) is 0 Å². The van der Waals surface area contributed by atoms with Crippen LogP contribution in [0.4, 0.5) is 4.79 Å². The van der Waals surface area contributed by atoms with E-state index in [-0.39, 0.29) is 19.4 Å². The molecule has 0 fully saturated rings. The molecule has 1 aromatic carbocycles. The second-order valence-electron chi connectivity index (χ2n) is 4.64. The van der Waals surface area contributed by atoms with Gasteiger partial charge in [-0.15, -0.1) is 0 Å². The van der Waals surface area contributed by atoms with Gasteiger partial charge in [0.05, 0.1) is 11.6 Å². The molecule has 0 saturated carbocycles. The van der Waals surface area contributed by atoms with Gasteiger partial charge in [-0.3, -0.25) is 10.3 Å². The maximum Gasteiger partial charge on any atom is 0.409 e. The summed E-state index contributed by atoms with van der Waals surface area (Å²) in [6, 6.07) is 9.62. The Hall–Kier alpha value is -2.14. The molecule has 20 heavy (non-hydrogen) atoms. The van der Waals surface area contributed by atoms with Crippen molar-refractivity contribution in [1.29, 1.82) is 0 Å². The first-order valence-electron chi connectivity index (χ1n) is 6.51. The van der Waals surface area contributed by atoms with Crippen LogP contribution >= 0.6 is 0 Å². The number of hydrogen-bond acceptors (Lipinski definition) is 4. The van der Waals surface area contributed by atoms with E-state index in [1.54, 1.807) is 6.20 Å². The minimum atomic E-state index is -0.489. The lowest BCUT2D eigenvalue weighted by Crippen LogP contribution is -2.28. The van der Waals surface area contributed by atoms with Crippen LogP contribution in [0.1, 0.15) is 19.4 Å². The maximum absolute atomic E-state index is 11.4. The quantitative estimate of drug-likeness (QED) is 0.852. The number of ether oxygens (including phenoxy) is 2. The third kappa shape index (κ3) is 4.20. The number of carbonyl (C=O) groups is 1. The lowest BCUT2D eigenvalue weighted by atomic mass is 10.1. The fourth-order valence-electron chi connectivity index (χ4n) is 1.68. The van der Waals surface area contributed by atoms with Gasteiger partial charge in [0.25, 0.3) is 0 Å². The molecule has 0 spiro atoms. The summed E-state index contributed by atoms with van der Waals surface area (Å²) in [6.07, 6.45) is 1.33. The van der Waals surface area contributed by atoms with Crippen LogP contribution in [0, 0.1) is 0 Å². The van der Waals surface area contributed by atoms with Gasteiger partial charge in [0.2, 0.25) is 0 Å². The molecule has 0 aliphatic carbocycles. The van der Waals surface area contributed by atoms with Gasteiger partial charge in [0.1, 0.15) is 13.3 Å². The van der Waals surface area contributed by atoms with E-state index in [4.69, 9.17) is 9.47 Å². The van der Waals surface area contributed by atoms with E-state index >= 15 is 0 Å². The number of rotatable bonds is 5. The van der Waals surface area contributed by atoms with E-state index in [2.05, 4.69) is 10.3 Å². The highest BCUT2D eigenvalue weighted by Crippen LogP contribution is 2.13. The third-order valence-electron chi connectivity index (χ3n) is 2.67. The second kappa shape index (κ2) is 6.86. The summed E-state index contributed by atoms with van der Waals surface area (Å²) in [7, 11) is 0. The van der Waals surface area contributed by atoms with Crippen molar-refractivity contribution in [1.82, 2.24) is 10.3 Å². The summed E-state index contributed by atoms with van der Waals surface area (Å²) in [6.45, 7) is 4.17. The van der Waals surface area contributed by atoms with E-state index in [0.717, 1.165) is 16.5 Å². The standard InChI is InChI=1S/C15H18N2O3/c1-11(2)20-10-17-15(18)19-9-12-5-6-14-13(8-12)4-3-7-16-14/h3-8,11H,9-10H2,1-2H3,(H,17,18). The molecule has 0 bridgehead atoms. The van der Waals surface area contributed by atoms with Crippen molar-refractivity contribution in [3.63, 3.8) is 0 Å². The number of nitrogens with zero attached hydrogens (tertiary/aromatic N) is 1. The van der Waals surface area contributed by atoms with Gasteiger partial charge in [-0.05, 0) is 37.6 Å². The predicted molar refractivity (Wildman–Crippen MR) is 76.2 cm³/mol. The first-order valence-corrected chi connectivity index (χ1v) is 6.51. The van der Waals surface area contributed by atoms with Gasteiger partial charge in [0, 0.05) is 11.6 Å². The number of alkyl carbamates (subject to hydrolysis) is 1. The van der Waals surface area contributed by atoms with Crippen molar-refractivity contribution < 1.29 is 14.3 Å². The molecule has 5 heteroatoms. The van der Waals surface area contributed by atoms with Gasteiger partial charge in [0.15, 0.2) is 0 Å². The minimum absolute atomic E-state index is 0.0725. The maximum atomic E-state index is 11.4. The number of fused-ring (bicyclic) bond motifs is 1. The summed E-state index contributed by atoms with van der Waals surface area (Å²) in [5, 5.41) is 3.55. The van der Waals surface area contributed by atoms with Gasteiger partial charge >= 0.3 is 6.09 Å². The van der Waals surface area contributed by atoms with Gasteiger partial charge in [-0.1, -0.05) is 12.1 Å². The highest BCUT2D eigenvalue weighted by atomic mass is 16.6. The first kappa shape index (κ1) is 14.3. The molecular weight excluding hydrogens is 256 g/mol. The Morgan fingerprint density at radius 3 is 3.00 bits per heavy atom. The number of nitrogens with one attached hydrogen (secondary N) is 1. The first-order chi connectivity index (χ1) is 9.65. The fraction of sp³-hybridized carbons (Fsp3) is 0.333. The van der Waals surface area contributed by atoms with Crippen LogP contribution < -0.4 is 5.32 Å². The van der Waals surface area contributed by atoms with Crippen molar-refractivity contribution >= 4 is 17.0 Å². The molecule has 0 atom stereocenters. The average Bonchev–Trinajstić information content (AvgIpc) is 2.44. The molecule has 5 nitrogen and oxygen atoms in total. The van der Waals surface area contributed by atoms with E-state index in [0.29, 0.717) is 0 Å². The van der Waals surface area contributed by atoms with Crippen LogP contribution in [-0.4, -0.2) is 23.9 Å². The zero-order chi connectivity index (χ0) is 14.4. The van der Waals surface area contributed by atoms with Crippen molar-refractivity contribution in [3.05, 3.63) is 42.1 Å². The lowest BCUT2D eigenvalue weighted by Gasteiger charge is -2.10. The number of aromatic nitrogens is 1. The van der Waals surface area contributed by atoms with Crippen molar-refractivity contribution in [3.8, 4) is 0 Å². The molecule has 1 heterocycles. The van der Waals surface area contributed by atoms with Gasteiger partial charge < -0.3 is 9.47 Å². The fourth-order valence-corrected chi connectivity index (χ4v) is 1.68. The molecule has 0 aliphatic heterocycles. The summed E-state index contributed by atoms with van der Waals surface area (Å²) in [5.74, 6) is 0. The molecule has 2 rings (SSSR count). The average molecular weight is 274 g/mol. The summed E-state index contributed by atoms with van der Waals surface area (Å²) in [4.78, 5) is 15.7. The predicted octanol–water partition coefficient (Wildman–Crippen LogP) is 2.84. The molecule has 106 valence electrons. The van der Waals surface area contributed by atoms with E-state index in [1.165, 1.54) is 0 Å². The topological polar surface area (TPSA) is 60.5 Å². The Morgan fingerprint density at radius 2 is 2.20 bits per heavy atom. The zero-order valence-corrected chi connectivity index (χ0v) is 11.6. The summed E-state index contributed by atoms with van der Waals surface area (Å²) < 4.78 is 10.3. The number of pyridine rings is 1. The highest BCUT2D eigenvalue weighted by molar-refractivity contribution is 5.79. The van der Waals surface area contributed by atoms with Crippen molar-refractivity contribution in [2.75, 3.05) is 6.73 Å². The molecule has 0 radical (unpaired) electrons. The molecule has 1 amide bonds. The monoisotopic (exact) mass is 274 g/mol. The van der Waals surface area contributed by atoms with Crippen LogP contribution in [0.2, 0.25) is 0 Å². The van der Waals surface area contributed by atoms with E-state index < -0.39 is 6.09 Å². The Labute approximate surface area is 117 Å².